The van der Waals surface area contributed by atoms with E-state index >= 15 is 0 Å². The molecule has 1 aliphatic rings. The Kier molecular flexibility index (Phi) is 3.27. The lowest BCUT2D eigenvalue weighted by Crippen LogP contribution is -2.20. The van der Waals surface area contributed by atoms with Gasteiger partial charge in [-0.1, -0.05) is 40.2 Å². The molecule has 0 radical (unpaired) electrons. The Morgan fingerprint density at radius 3 is 2.46 bits per heavy atom. The zero-order chi connectivity index (χ0) is 17.8. The van der Waals surface area contributed by atoms with Gasteiger partial charge in [-0.3, -0.25) is 14.2 Å². The lowest BCUT2D eigenvalue weighted by atomic mass is 10.1. The van der Waals surface area contributed by atoms with Crippen LogP contribution in [-0.2, 0) is 6.54 Å². The van der Waals surface area contributed by atoms with Crippen molar-refractivity contribution < 1.29 is 4.79 Å². The molecule has 2 aromatic heterocycles. The number of carbonyl (C=O) groups excluding carboxylic acids is 1. The van der Waals surface area contributed by atoms with Crippen molar-refractivity contribution in [3.05, 3.63) is 92.7 Å². The van der Waals surface area contributed by atoms with Crippen molar-refractivity contribution in [3.8, 4) is 11.4 Å². The normalized spacial score (nSPS) is 12.4. The van der Waals surface area contributed by atoms with Crippen LogP contribution in [0.5, 0.6) is 0 Å². The van der Waals surface area contributed by atoms with Gasteiger partial charge in [0.2, 0.25) is 5.43 Å². The molecule has 4 aromatic rings. The molecule has 0 spiro atoms. The van der Waals surface area contributed by atoms with Gasteiger partial charge < -0.3 is 4.57 Å². The Balaban J connectivity index is 1.87. The van der Waals surface area contributed by atoms with Crippen molar-refractivity contribution >= 4 is 32.7 Å². The van der Waals surface area contributed by atoms with E-state index in [1.54, 1.807) is 16.8 Å². The quantitative estimate of drug-likeness (QED) is 0.440. The van der Waals surface area contributed by atoms with Crippen molar-refractivity contribution in [1.82, 2.24) is 9.13 Å². The van der Waals surface area contributed by atoms with Crippen molar-refractivity contribution in [3.63, 3.8) is 0 Å². The molecule has 0 amide bonds. The number of hydrogen-bond acceptors (Lipinski definition) is 2. The molecule has 4 nitrogen and oxygen atoms in total. The molecule has 0 N–H and O–H groups in total. The minimum atomic E-state index is -0.250. The van der Waals surface area contributed by atoms with E-state index in [0.717, 1.165) is 21.2 Å². The number of fused-ring (bicyclic) bond motifs is 4. The summed E-state index contributed by atoms with van der Waals surface area (Å²) in [4.78, 5) is 25.8. The topological polar surface area (TPSA) is 44.0 Å². The number of benzene rings is 2. The molecule has 126 valence electrons. The summed E-state index contributed by atoms with van der Waals surface area (Å²) in [5, 5.41) is 0.572. The molecular weight excluding hydrogens is 392 g/mol. The second-order valence-electron chi connectivity index (χ2n) is 6.35. The highest BCUT2D eigenvalue weighted by atomic mass is 79.9. The summed E-state index contributed by atoms with van der Waals surface area (Å²) in [7, 11) is 0. The number of aromatic nitrogens is 2. The zero-order valence-corrected chi connectivity index (χ0v) is 15.2. The first-order valence-corrected chi connectivity index (χ1v) is 9.07. The van der Waals surface area contributed by atoms with Crippen LogP contribution in [0.25, 0.3) is 22.3 Å². The third kappa shape index (κ3) is 2.07. The highest BCUT2D eigenvalue weighted by Crippen LogP contribution is 2.33. The van der Waals surface area contributed by atoms with Gasteiger partial charge in [-0.25, -0.2) is 0 Å². The van der Waals surface area contributed by atoms with Crippen LogP contribution in [0.4, 0.5) is 0 Å². The van der Waals surface area contributed by atoms with E-state index in [4.69, 9.17) is 0 Å². The van der Waals surface area contributed by atoms with Gasteiger partial charge in [0.05, 0.1) is 16.9 Å². The number of halogens is 1. The lowest BCUT2D eigenvalue weighted by Gasteiger charge is -2.16. The van der Waals surface area contributed by atoms with Crippen LogP contribution in [0.15, 0.2) is 76.1 Å². The third-order valence-corrected chi connectivity index (χ3v) is 5.38. The number of hydrogen-bond donors (Lipinski definition) is 0. The fourth-order valence-corrected chi connectivity index (χ4v) is 3.94. The number of para-hydroxylation sites is 1. The lowest BCUT2D eigenvalue weighted by molar-refractivity contribution is 0.0968. The Bertz CT molecular complexity index is 1250. The van der Waals surface area contributed by atoms with Crippen LogP contribution in [0.2, 0.25) is 0 Å². The van der Waals surface area contributed by atoms with E-state index in [1.807, 2.05) is 54.6 Å². The highest BCUT2D eigenvalue weighted by molar-refractivity contribution is 9.10. The van der Waals surface area contributed by atoms with Gasteiger partial charge in [0.25, 0.3) is 5.91 Å². The minimum Gasteiger partial charge on any atom is -0.334 e. The molecule has 5 heteroatoms. The summed E-state index contributed by atoms with van der Waals surface area (Å²) in [6.07, 6.45) is 1.71. The van der Waals surface area contributed by atoms with Crippen molar-refractivity contribution in [2.24, 2.45) is 0 Å². The first-order chi connectivity index (χ1) is 12.6. The third-order valence-electron chi connectivity index (χ3n) is 4.85. The Morgan fingerprint density at radius 1 is 0.885 bits per heavy atom. The second-order valence-corrected chi connectivity index (χ2v) is 7.27. The fraction of sp³-hybridized carbons (Fsp3) is 0.0476. The number of nitrogens with zero attached hydrogens (tertiary/aromatic N) is 2. The van der Waals surface area contributed by atoms with Gasteiger partial charge in [-0.05, 0) is 42.0 Å². The Hall–Kier alpha value is -2.92. The van der Waals surface area contributed by atoms with E-state index < -0.39 is 0 Å². The maximum absolute atomic E-state index is 13.0. The summed E-state index contributed by atoms with van der Waals surface area (Å²) < 4.78 is 4.65. The standard InChI is InChI=1S/C21H13BrN2O2/c22-14-9-7-13(8-10-14)12-24-16-5-2-1-4-15(16)20(25)18-19(24)17-6-3-11-23(17)21(18)26/h1-11H,12H2. The van der Waals surface area contributed by atoms with Gasteiger partial charge in [-0.15, -0.1) is 0 Å². The van der Waals surface area contributed by atoms with Crippen LogP contribution < -0.4 is 5.43 Å². The maximum Gasteiger partial charge on any atom is 0.268 e. The van der Waals surface area contributed by atoms with E-state index in [2.05, 4.69) is 20.5 Å². The minimum absolute atomic E-state index is 0.198. The zero-order valence-electron chi connectivity index (χ0n) is 13.6. The molecule has 2 aromatic carbocycles. The van der Waals surface area contributed by atoms with Crippen LogP contribution in [0, 0.1) is 0 Å². The van der Waals surface area contributed by atoms with E-state index in [1.165, 1.54) is 0 Å². The van der Waals surface area contributed by atoms with Crippen LogP contribution in [-0.4, -0.2) is 15.0 Å². The summed E-state index contributed by atoms with van der Waals surface area (Å²) in [5.41, 5.74) is 3.47. The highest BCUT2D eigenvalue weighted by Gasteiger charge is 2.32. The molecule has 0 aliphatic carbocycles. The average molecular weight is 405 g/mol. The second kappa shape index (κ2) is 5.54. The summed E-state index contributed by atoms with van der Waals surface area (Å²) in [6.45, 7) is 0.578. The monoisotopic (exact) mass is 404 g/mol. The molecule has 0 saturated heterocycles. The molecule has 0 saturated carbocycles. The average Bonchev–Trinajstić information content (AvgIpc) is 3.23. The summed E-state index contributed by atoms with van der Waals surface area (Å²) in [5.74, 6) is -0.250. The van der Waals surface area contributed by atoms with Crippen molar-refractivity contribution in [2.75, 3.05) is 0 Å². The van der Waals surface area contributed by atoms with Crippen LogP contribution in [0.3, 0.4) is 0 Å². The predicted octanol–water partition coefficient (Wildman–Crippen LogP) is 4.28. The van der Waals surface area contributed by atoms with E-state index in [9.17, 15) is 9.59 Å². The molecular formula is C21H13BrN2O2. The molecule has 0 atom stereocenters. The van der Waals surface area contributed by atoms with Gasteiger partial charge in [0, 0.05) is 22.6 Å². The Labute approximate surface area is 157 Å². The molecule has 26 heavy (non-hydrogen) atoms. The van der Waals surface area contributed by atoms with Gasteiger partial charge >= 0.3 is 0 Å². The number of rotatable bonds is 2. The van der Waals surface area contributed by atoms with E-state index in [-0.39, 0.29) is 16.9 Å². The number of pyridine rings is 1. The fourth-order valence-electron chi connectivity index (χ4n) is 3.67. The molecule has 0 unspecified atom stereocenters. The molecule has 1 aliphatic heterocycles. The van der Waals surface area contributed by atoms with Crippen LogP contribution in [0.1, 0.15) is 15.9 Å². The van der Waals surface area contributed by atoms with Crippen LogP contribution >= 0.6 is 15.9 Å². The Morgan fingerprint density at radius 2 is 1.65 bits per heavy atom. The predicted molar refractivity (Wildman–Crippen MR) is 105 cm³/mol. The van der Waals surface area contributed by atoms with Crippen molar-refractivity contribution in [2.45, 2.75) is 6.54 Å². The number of carbonyl (C=O) groups is 1. The molecule has 5 rings (SSSR count). The van der Waals surface area contributed by atoms with Crippen molar-refractivity contribution in [1.29, 1.82) is 0 Å². The molecule has 0 bridgehead atoms. The smallest absolute Gasteiger partial charge is 0.268 e. The summed E-state index contributed by atoms with van der Waals surface area (Å²) >= 11 is 3.46. The first kappa shape index (κ1) is 15.3. The first-order valence-electron chi connectivity index (χ1n) is 8.27. The van der Waals surface area contributed by atoms with Gasteiger partial charge in [0.1, 0.15) is 5.56 Å². The SMILES string of the molecule is O=C1c2c(n(Cc3ccc(Br)cc3)c3ccccc3c2=O)-c2cccn21. The van der Waals surface area contributed by atoms with E-state index in [0.29, 0.717) is 17.6 Å². The maximum atomic E-state index is 13.0. The van der Waals surface area contributed by atoms with Gasteiger partial charge in [0.15, 0.2) is 0 Å². The molecule has 3 heterocycles. The largest absolute Gasteiger partial charge is 0.334 e. The van der Waals surface area contributed by atoms with Gasteiger partial charge in [-0.2, -0.15) is 0 Å². The summed E-state index contributed by atoms with van der Waals surface area (Å²) in [6, 6.07) is 19.3. The molecule has 0 fully saturated rings.